The molecule has 6 nitrogen and oxygen atoms in total. The zero-order valence-electron chi connectivity index (χ0n) is 12.0. The van der Waals surface area contributed by atoms with E-state index in [1.807, 2.05) is 13.8 Å². The Morgan fingerprint density at radius 3 is 2.86 bits per heavy atom. The first-order chi connectivity index (χ1) is 10.1. The van der Waals surface area contributed by atoms with Crippen LogP contribution in [0.2, 0.25) is 0 Å². The lowest BCUT2D eigenvalue weighted by atomic mass is 9.85. The number of rotatable bonds is 7. The molecule has 0 radical (unpaired) electrons. The fourth-order valence-corrected chi connectivity index (χ4v) is 2.77. The summed E-state index contributed by atoms with van der Waals surface area (Å²) in [6.45, 7) is 5.49. The summed E-state index contributed by atoms with van der Waals surface area (Å²) in [5.74, 6) is 0.480. The van der Waals surface area contributed by atoms with Gasteiger partial charge in [0.15, 0.2) is 0 Å². The maximum Gasteiger partial charge on any atom is 0.273 e. The third-order valence-corrected chi connectivity index (χ3v) is 4.13. The third-order valence-electron chi connectivity index (χ3n) is 3.48. The van der Waals surface area contributed by atoms with Crippen LogP contribution >= 0.6 is 15.9 Å². The van der Waals surface area contributed by atoms with Crippen LogP contribution in [0.4, 0.5) is 5.69 Å². The number of halogens is 1. The second kappa shape index (κ2) is 7.20. The number of hydrogen-bond donors (Lipinski definition) is 1. The highest BCUT2D eigenvalue weighted by Gasteiger charge is 2.43. The molecular weight excluding hydrogens is 340 g/mol. The number of hydrogen-bond acceptors (Lipinski definition) is 5. The Morgan fingerprint density at radius 2 is 2.24 bits per heavy atom. The van der Waals surface area contributed by atoms with Gasteiger partial charge in [-0.1, -0.05) is 6.92 Å². The normalized spacial score (nSPS) is 24.4. The van der Waals surface area contributed by atoms with E-state index < -0.39 is 4.92 Å². The Morgan fingerprint density at radius 1 is 1.48 bits per heavy atom. The highest BCUT2D eigenvalue weighted by atomic mass is 79.9. The van der Waals surface area contributed by atoms with Crippen molar-refractivity contribution in [3.63, 3.8) is 0 Å². The van der Waals surface area contributed by atoms with Crippen LogP contribution in [0.3, 0.4) is 0 Å². The summed E-state index contributed by atoms with van der Waals surface area (Å²) in [6, 6.07) is 4.79. The Kier molecular flexibility index (Phi) is 5.55. The minimum absolute atomic E-state index is 0.0173. The van der Waals surface area contributed by atoms with Gasteiger partial charge in [0, 0.05) is 25.1 Å². The molecule has 7 heteroatoms. The second-order valence-corrected chi connectivity index (χ2v) is 5.70. The van der Waals surface area contributed by atoms with Crippen molar-refractivity contribution in [3.8, 4) is 5.75 Å². The number of benzene rings is 1. The van der Waals surface area contributed by atoms with Gasteiger partial charge in [0.2, 0.25) is 0 Å². The number of nitrogens with one attached hydrogen (secondary N) is 1. The van der Waals surface area contributed by atoms with Crippen molar-refractivity contribution >= 4 is 21.6 Å². The molecule has 1 aliphatic carbocycles. The van der Waals surface area contributed by atoms with Crippen LogP contribution in [0.1, 0.15) is 20.3 Å². The van der Waals surface area contributed by atoms with Crippen molar-refractivity contribution in [3.05, 3.63) is 32.8 Å². The van der Waals surface area contributed by atoms with Crippen LogP contribution in [0.25, 0.3) is 0 Å². The molecule has 0 saturated heterocycles. The van der Waals surface area contributed by atoms with Gasteiger partial charge in [-0.2, -0.15) is 0 Å². The van der Waals surface area contributed by atoms with E-state index in [4.69, 9.17) is 9.47 Å². The smallest absolute Gasteiger partial charge is 0.273 e. The van der Waals surface area contributed by atoms with Crippen LogP contribution in [0, 0.1) is 10.1 Å². The minimum atomic E-state index is -0.429. The van der Waals surface area contributed by atoms with Gasteiger partial charge in [-0.15, -0.1) is 0 Å². The summed E-state index contributed by atoms with van der Waals surface area (Å²) in [6.07, 6.45) is 0.710. The molecule has 0 amide bonds. The Balaban J connectivity index is 2.07. The molecule has 0 aliphatic heterocycles. The Hall–Kier alpha value is -1.18. The van der Waals surface area contributed by atoms with Crippen LogP contribution < -0.4 is 10.1 Å². The van der Waals surface area contributed by atoms with Gasteiger partial charge in [-0.05, 0) is 35.5 Å². The van der Waals surface area contributed by atoms with E-state index in [0.717, 1.165) is 13.0 Å². The lowest BCUT2D eigenvalue weighted by Crippen LogP contribution is -2.61. The number of nitro groups is 1. The molecule has 0 aromatic heterocycles. The standard InChI is InChI=1S/C14H19BrN2O4/c1-3-16-11-8-13(14(11)20-4-2)21-12-7-9(17(18)19)5-6-10(12)15/h5-7,11,13-14,16H,3-4,8H2,1-2H3. The highest BCUT2D eigenvalue weighted by molar-refractivity contribution is 9.10. The second-order valence-electron chi connectivity index (χ2n) is 4.85. The number of likely N-dealkylation sites (N-methyl/N-ethyl adjacent to an activating group) is 1. The van der Waals surface area contributed by atoms with Crippen molar-refractivity contribution in [1.82, 2.24) is 5.32 Å². The molecule has 2 rings (SSSR count). The lowest BCUT2D eigenvalue weighted by molar-refractivity contribution is -0.385. The molecule has 116 valence electrons. The molecule has 3 unspecified atom stereocenters. The van der Waals surface area contributed by atoms with Gasteiger partial charge in [0.25, 0.3) is 5.69 Å². The van der Waals surface area contributed by atoms with Gasteiger partial charge in [-0.3, -0.25) is 10.1 Å². The van der Waals surface area contributed by atoms with E-state index >= 15 is 0 Å². The third kappa shape index (κ3) is 3.72. The monoisotopic (exact) mass is 358 g/mol. The zero-order chi connectivity index (χ0) is 15.4. The molecular formula is C14H19BrN2O4. The summed E-state index contributed by atoms with van der Waals surface area (Å²) in [4.78, 5) is 10.4. The molecule has 1 saturated carbocycles. The van der Waals surface area contributed by atoms with Crippen LogP contribution in [-0.4, -0.2) is 36.3 Å². The fraction of sp³-hybridized carbons (Fsp3) is 0.571. The van der Waals surface area contributed by atoms with Crippen molar-refractivity contribution < 1.29 is 14.4 Å². The van der Waals surface area contributed by atoms with E-state index in [2.05, 4.69) is 21.2 Å². The zero-order valence-corrected chi connectivity index (χ0v) is 13.6. The van der Waals surface area contributed by atoms with Gasteiger partial charge in [-0.25, -0.2) is 0 Å². The highest BCUT2D eigenvalue weighted by Crippen LogP contribution is 2.35. The maximum atomic E-state index is 10.8. The minimum Gasteiger partial charge on any atom is -0.486 e. The molecule has 21 heavy (non-hydrogen) atoms. The molecule has 3 atom stereocenters. The van der Waals surface area contributed by atoms with E-state index in [0.29, 0.717) is 16.8 Å². The van der Waals surface area contributed by atoms with E-state index in [1.54, 1.807) is 6.07 Å². The van der Waals surface area contributed by atoms with Gasteiger partial charge >= 0.3 is 0 Å². The first-order valence-corrected chi connectivity index (χ1v) is 7.81. The van der Waals surface area contributed by atoms with E-state index in [-0.39, 0.29) is 23.9 Å². The number of nitrogens with zero attached hydrogens (tertiary/aromatic N) is 1. The van der Waals surface area contributed by atoms with Crippen molar-refractivity contribution in [2.75, 3.05) is 13.2 Å². The van der Waals surface area contributed by atoms with Crippen molar-refractivity contribution in [2.45, 2.75) is 38.5 Å². The molecule has 1 fully saturated rings. The van der Waals surface area contributed by atoms with Crippen LogP contribution in [0.15, 0.2) is 22.7 Å². The number of nitro benzene ring substituents is 1. The molecule has 0 spiro atoms. The summed E-state index contributed by atoms with van der Waals surface area (Å²) in [5, 5.41) is 14.2. The molecule has 0 heterocycles. The van der Waals surface area contributed by atoms with E-state index in [1.165, 1.54) is 12.1 Å². The first-order valence-electron chi connectivity index (χ1n) is 7.02. The quantitative estimate of drug-likeness (QED) is 0.599. The topological polar surface area (TPSA) is 73.6 Å². The average Bonchev–Trinajstić information content (AvgIpc) is 2.45. The van der Waals surface area contributed by atoms with Crippen LogP contribution in [-0.2, 0) is 4.74 Å². The summed E-state index contributed by atoms with van der Waals surface area (Å²) in [5.41, 5.74) is 0.0173. The van der Waals surface area contributed by atoms with Gasteiger partial charge in [0.1, 0.15) is 18.0 Å². The number of non-ortho nitro benzene ring substituents is 1. The predicted molar refractivity (Wildman–Crippen MR) is 82.7 cm³/mol. The summed E-state index contributed by atoms with van der Waals surface area (Å²) < 4.78 is 12.3. The molecule has 0 bridgehead atoms. The molecule has 1 aromatic rings. The first kappa shape index (κ1) is 16.2. The fourth-order valence-electron chi connectivity index (χ4n) is 2.43. The lowest BCUT2D eigenvalue weighted by Gasteiger charge is -2.44. The molecule has 1 N–H and O–H groups in total. The van der Waals surface area contributed by atoms with Crippen molar-refractivity contribution in [2.24, 2.45) is 0 Å². The van der Waals surface area contributed by atoms with Gasteiger partial charge in [0.05, 0.1) is 15.5 Å². The Labute approximate surface area is 132 Å². The van der Waals surface area contributed by atoms with Gasteiger partial charge < -0.3 is 14.8 Å². The SMILES string of the molecule is CCNC1CC(Oc2cc([N+](=O)[O-])ccc2Br)C1OCC. The Bertz CT molecular complexity index is 512. The van der Waals surface area contributed by atoms with Crippen LogP contribution in [0.5, 0.6) is 5.75 Å². The molecule has 1 aromatic carbocycles. The summed E-state index contributed by atoms with van der Waals surface area (Å²) >= 11 is 3.36. The molecule has 1 aliphatic rings. The predicted octanol–water partition coefficient (Wildman–Crippen LogP) is 2.89. The average molecular weight is 359 g/mol. The van der Waals surface area contributed by atoms with E-state index in [9.17, 15) is 10.1 Å². The largest absolute Gasteiger partial charge is 0.486 e. The number of ether oxygens (including phenoxy) is 2. The maximum absolute atomic E-state index is 10.8. The summed E-state index contributed by atoms with van der Waals surface area (Å²) in [7, 11) is 0. The van der Waals surface area contributed by atoms with Crippen molar-refractivity contribution in [1.29, 1.82) is 0 Å².